The number of rotatable bonds is 4. The van der Waals surface area contributed by atoms with E-state index in [2.05, 4.69) is 13.8 Å². The van der Waals surface area contributed by atoms with Gasteiger partial charge < -0.3 is 5.11 Å². The van der Waals surface area contributed by atoms with Gasteiger partial charge in [-0.2, -0.15) is 0 Å². The highest BCUT2D eigenvalue weighted by atomic mass is 32.2. The van der Waals surface area contributed by atoms with Gasteiger partial charge in [0.15, 0.2) is 0 Å². The van der Waals surface area contributed by atoms with Crippen molar-refractivity contribution < 1.29 is 9.50 Å². The van der Waals surface area contributed by atoms with E-state index in [1.165, 1.54) is 6.07 Å². The molecule has 1 N–H and O–H groups in total. The van der Waals surface area contributed by atoms with Gasteiger partial charge in [-0.05, 0) is 36.6 Å². The summed E-state index contributed by atoms with van der Waals surface area (Å²) in [6, 6.07) is 4.95. The lowest BCUT2D eigenvalue weighted by atomic mass is 9.75. The summed E-state index contributed by atoms with van der Waals surface area (Å²) in [6.07, 6.45) is 4.57. The number of aliphatic hydroxyl groups excluding tert-OH is 1. The molecule has 1 aromatic carbocycles. The van der Waals surface area contributed by atoms with Crippen LogP contribution in [0.15, 0.2) is 23.1 Å². The molecule has 19 heavy (non-hydrogen) atoms. The number of halogens is 1. The average molecular weight is 282 g/mol. The topological polar surface area (TPSA) is 20.2 Å². The first kappa shape index (κ1) is 14.9. The molecule has 0 radical (unpaired) electrons. The minimum Gasteiger partial charge on any atom is -0.392 e. The zero-order valence-corrected chi connectivity index (χ0v) is 12.6. The molecule has 0 bridgehead atoms. The molecule has 2 rings (SSSR count). The Hall–Kier alpha value is -0.540. The van der Waals surface area contributed by atoms with Gasteiger partial charge in [0.05, 0.1) is 6.10 Å². The first-order valence-corrected chi connectivity index (χ1v) is 8.19. The summed E-state index contributed by atoms with van der Waals surface area (Å²) < 4.78 is 13.3. The molecule has 0 spiro atoms. The largest absolute Gasteiger partial charge is 0.392 e. The van der Waals surface area contributed by atoms with Crippen molar-refractivity contribution in [2.75, 3.05) is 5.75 Å². The lowest BCUT2D eigenvalue weighted by Crippen LogP contribution is -2.37. The van der Waals surface area contributed by atoms with Crippen LogP contribution in [-0.2, 0) is 6.42 Å². The van der Waals surface area contributed by atoms with E-state index >= 15 is 0 Å². The third-order valence-corrected chi connectivity index (χ3v) is 5.82. The SMILES string of the molecule is CCCCC1(CC)CSc2ccc(F)cc2C[C@H]1O. The lowest BCUT2D eigenvalue weighted by Gasteiger charge is -2.36. The summed E-state index contributed by atoms with van der Waals surface area (Å²) in [4.78, 5) is 1.13. The van der Waals surface area contributed by atoms with E-state index in [1.807, 2.05) is 6.07 Å². The van der Waals surface area contributed by atoms with E-state index in [0.29, 0.717) is 6.42 Å². The van der Waals surface area contributed by atoms with Crippen molar-refractivity contribution in [3.63, 3.8) is 0 Å². The number of benzene rings is 1. The van der Waals surface area contributed by atoms with Crippen LogP contribution in [0, 0.1) is 11.2 Å². The summed E-state index contributed by atoms with van der Waals surface area (Å²) in [7, 11) is 0. The van der Waals surface area contributed by atoms with Gasteiger partial charge in [-0.1, -0.05) is 26.7 Å². The maximum atomic E-state index is 13.3. The maximum Gasteiger partial charge on any atom is 0.123 e. The van der Waals surface area contributed by atoms with Crippen LogP contribution in [0.2, 0.25) is 0 Å². The van der Waals surface area contributed by atoms with Crippen molar-refractivity contribution in [3.8, 4) is 0 Å². The molecule has 1 aliphatic heterocycles. The normalized spacial score (nSPS) is 26.8. The monoisotopic (exact) mass is 282 g/mol. The summed E-state index contributed by atoms with van der Waals surface area (Å²) in [5.41, 5.74) is 0.945. The molecule has 1 unspecified atom stereocenters. The van der Waals surface area contributed by atoms with E-state index < -0.39 is 0 Å². The van der Waals surface area contributed by atoms with Crippen molar-refractivity contribution in [2.24, 2.45) is 5.41 Å². The van der Waals surface area contributed by atoms with Gasteiger partial charge in [0, 0.05) is 22.5 Å². The summed E-state index contributed by atoms with van der Waals surface area (Å²) in [6.45, 7) is 4.35. The van der Waals surface area contributed by atoms with Gasteiger partial charge in [-0.15, -0.1) is 11.8 Å². The van der Waals surface area contributed by atoms with Crippen LogP contribution in [0.25, 0.3) is 0 Å². The molecular formula is C16H23FOS. The molecule has 0 fully saturated rings. The van der Waals surface area contributed by atoms with Crippen molar-refractivity contribution >= 4 is 11.8 Å². The van der Waals surface area contributed by atoms with Gasteiger partial charge >= 0.3 is 0 Å². The molecule has 1 nitrogen and oxygen atoms in total. The average Bonchev–Trinajstić information content (AvgIpc) is 2.53. The smallest absolute Gasteiger partial charge is 0.123 e. The zero-order valence-electron chi connectivity index (χ0n) is 11.8. The Morgan fingerprint density at radius 2 is 2.21 bits per heavy atom. The van der Waals surface area contributed by atoms with E-state index in [4.69, 9.17) is 0 Å². The molecule has 0 aliphatic carbocycles. The van der Waals surface area contributed by atoms with E-state index in [-0.39, 0.29) is 17.3 Å². The summed E-state index contributed by atoms with van der Waals surface area (Å²) in [5.74, 6) is 0.729. The molecule has 1 aliphatic rings. The van der Waals surface area contributed by atoms with Crippen LogP contribution in [-0.4, -0.2) is 17.0 Å². The second-order valence-electron chi connectivity index (χ2n) is 5.58. The fourth-order valence-corrected chi connectivity index (χ4v) is 4.35. The molecule has 0 aromatic heterocycles. The lowest BCUT2D eigenvalue weighted by molar-refractivity contribution is 0.0309. The highest BCUT2D eigenvalue weighted by Crippen LogP contribution is 2.43. The number of fused-ring (bicyclic) bond motifs is 1. The number of aliphatic hydroxyl groups is 1. The fourth-order valence-electron chi connectivity index (χ4n) is 2.87. The molecule has 0 saturated carbocycles. The molecule has 106 valence electrons. The standard InChI is InChI=1S/C16H23FOS/c1-3-5-8-16(4-2)11-19-14-7-6-13(17)9-12(14)10-15(16)18/h6-7,9,15,18H,3-5,8,10-11H2,1-2H3/t15-,16?/m1/s1. The first-order valence-electron chi connectivity index (χ1n) is 7.20. The third-order valence-electron chi connectivity index (χ3n) is 4.39. The molecule has 0 saturated heterocycles. The van der Waals surface area contributed by atoms with Crippen molar-refractivity contribution in [3.05, 3.63) is 29.6 Å². The maximum absolute atomic E-state index is 13.3. The summed E-state index contributed by atoms with van der Waals surface area (Å²) in [5, 5.41) is 10.6. The van der Waals surface area contributed by atoms with Crippen LogP contribution < -0.4 is 0 Å². The number of hydrogen-bond acceptors (Lipinski definition) is 2. The van der Waals surface area contributed by atoms with Gasteiger partial charge in [0.25, 0.3) is 0 Å². The Labute approximate surface area is 119 Å². The van der Waals surface area contributed by atoms with Crippen LogP contribution in [0.3, 0.4) is 0 Å². The second-order valence-corrected chi connectivity index (χ2v) is 6.60. The van der Waals surface area contributed by atoms with Crippen molar-refractivity contribution in [1.29, 1.82) is 0 Å². The molecule has 3 heteroatoms. The first-order chi connectivity index (χ1) is 9.11. The fraction of sp³-hybridized carbons (Fsp3) is 0.625. The Balaban J connectivity index is 2.25. The summed E-state index contributed by atoms with van der Waals surface area (Å²) >= 11 is 1.78. The molecular weight excluding hydrogens is 259 g/mol. The van der Waals surface area contributed by atoms with Crippen LogP contribution in [0.5, 0.6) is 0 Å². The van der Waals surface area contributed by atoms with E-state index in [0.717, 1.165) is 41.9 Å². The predicted octanol–water partition coefficient (Wildman–Crippen LogP) is 4.42. The van der Waals surface area contributed by atoms with Gasteiger partial charge in [0.1, 0.15) is 5.82 Å². The second kappa shape index (κ2) is 6.27. The Kier molecular flexibility index (Phi) is 4.91. The Morgan fingerprint density at radius 1 is 1.42 bits per heavy atom. The Bertz CT molecular complexity index is 435. The Morgan fingerprint density at radius 3 is 2.89 bits per heavy atom. The number of thioether (sulfide) groups is 1. The van der Waals surface area contributed by atoms with Gasteiger partial charge in [-0.25, -0.2) is 4.39 Å². The highest BCUT2D eigenvalue weighted by Gasteiger charge is 2.38. The van der Waals surface area contributed by atoms with E-state index in [1.54, 1.807) is 17.8 Å². The molecule has 1 heterocycles. The molecule has 2 atom stereocenters. The minimum absolute atomic E-state index is 0.0177. The predicted molar refractivity (Wildman–Crippen MR) is 79.1 cm³/mol. The third kappa shape index (κ3) is 3.14. The zero-order chi connectivity index (χ0) is 13.9. The van der Waals surface area contributed by atoms with Crippen LogP contribution >= 0.6 is 11.8 Å². The van der Waals surface area contributed by atoms with Gasteiger partial charge in [-0.3, -0.25) is 0 Å². The minimum atomic E-state index is -0.361. The molecule has 1 aromatic rings. The molecule has 0 amide bonds. The van der Waals surface area contributed by atoms with Crippen LogP contribution in [0.1, 0.15) is 45.1 Å². The van der Waals surface area contributed by atoms with Crippen molar-refractivity contribution in [2.45, 2.75) is 57.0 Å². The van der Waals surface area contributed by atoms with Gasteiger partial charge in [0.2, 0.25) is 0 Å². The van der Waals surface area contributed by atoms with Crippen molar-refractivity contribution in [1.82, 2.24) is 0 Å². The van der Waals surface area contributed by atoms with Crippen LogP contribution in [0.4, 0.5) is 4.39 Å². The number of hydrogen-bond donors (Lipinski definition) is 1. The quantitative estimate of drug-likeness (QED) is 0.882. The number of unbranched alkanes of at least 4 members (excludes halogenated alkanes) is 1. The highest BCUT2D eigenvalue weighted by molar-refractivity contribution is 7.99. The van der Waals surface area contributed by atoms with E-state index in [9.17, 15) is 9.50 Å².